The van der Waals surface area contributed by atoms with Gasteiger partial charge in [0.05, 0.1) is 17.9 Å². The molecular formula is C27H32N2O6. The first-order chi connectivity index (χ1) is 16.8. The van der Waals surface area contributed by atoms with Crippen molar-refractivity contribution in [3.63, 3.8) is 0 Å². The van der Waals surface area contributed by atoms with Gasteiger partial charge in [0.1, 0.15) is 6.61 Å². The lowest BCUT2D eigenvalue weighted by atomic mass is 9.90. The molecule has 1 aliphatic heterocycles. The second-order valence-electron chi connectivity index (χ2n) is 9.42. The van der Waals surface area contributed by atoms with Gasteiger partial charge in [0, 0.05) is 32.2 Å². The maximum atomic E-state index is 12.7. The first-order valence-electron chi connectivity index (χ1n) is 12.0. The van der Waals surface area contributed by atoms with Crippen LogP contribution in [-0.2, 0) is 19.1 Å². The number of amides is 2. The summed E-state index contributed by atoms with van der Waals surface area (Å²) in [5.41, 5.74) is 3.67. The van der Waals surface area contributed by atoms with Gasteiger partial charge >= 0.3 is 12.1 Å². The van der Waals surface area contributed by atoms with E-state index in [9.17, 15) is 19.5 Å². The predicted octanol–water partition coefficient (Wildman–Crippen LogP) is 3.64. The van der Waals surface area contributed by atoms with Crippen LogP contribution in [0, 0.1) is 5.41 Å². The summed E-state index contributed by atoms with van der Waals surface area (Å²) in [7, 11) is 0. The zero-order valence-electron chi connectivity index (χ0n) is 20.2. The number of ether oxygens (including phenoxy) is 2. The molecule has 35 heavy (non-hydrogen) atoms. The number of hydrogen-bond donors (Lipinski definition) is 2. The van der Waals surface area contributed by atoms with Crippen molar-refractivity contribution in [1.29, 1.82) is 0 Å². The van der Waals surface area contributed by atoms with Crippen molar-refractivity contribution in [3.05, 3.63) is 59.7 Å². The van der Waals surface area contributed by atoms with Crippen molar-refractivity contribution in [3.8, 4) is 11.1 Å². The van der Waals surface area contributed by atoms with Gasteiger partial charge in [-0.25, -0.2) is 4.79 Å². The molecule has 2 unspecified atom stereocenters. The summed E-state index contributed by atoms with van der Waals surface area (Å²) in [6, 6.07) is 16.3. The molecule has 2 N–H and O–H groups in total. The fourth-order valence-corrected chi connectivity index (χ4v) is 4.94. The number of nitrogens with zero attached hydrogens (tertiary/aromatic N) is 1. The normalized spacial score (nSPS) is 19.7. The predicted molar refractivity (Wildman–Crippen MR) is 130 cm³/mol. The second-order valence-corrected chi connectivity index (χ2v) is 9.42. The van der Waals surface area contributed by atoms with Crippen molar-refractivity contribution in [1.82, 2.24) is 10.2 Å². The number of hydrogen-bond acceptors (Lipinski definition) is 5. The quantitative estimate of drug-likeness (QED) is 0.568. The standard InChI is InChI=1S/C27H32N2O6/c1-3-34-18(14-24(30)29-13-12-27(2,17-29)25(31)32)15-28-26(33)35-16-23-21-10-6-4-8-19(21)20-9-5-7-11-22(20)23/h4-11,18,23H,3,12-17H2,1-2H3,(H,28,33)(H,31,32). The first-order valence-corrected chi connectivity index (χ1v) is 12.0. The zero-order chi connectivity index (χ0) is 25.0. The van der Waals surface area contributed by atoms with E-state index in [0.29, 0.717) is 19.6 Å². The van der Waals surface area contributed by atoms with E-state index in [0.717, 1.165) is 22.3 Å². The first kappa shape index (κ1) is 24.7. The molecule has 8 nitrogen and oxygen atoms in total. The molecule has 0 aromatic heterocycles. The van der Waals surface area contributed by atoms with Crippen LogP contribution in [0.4, 0.5) is 4.79 Å². The molecule has 0 radical (unpaired) electrons. The van der Waals surface area contributed by atoms with Crippen LogP contribution < -0.4 is 5.32 Å². The van der Waals surface area contributed by atoms with Crippen LogP contribution >= 0.6 is 0 Å². The monoisotopic (exact) mass is 480 g/mol. The van der Waals surface area contributed by atoms with Crippen LogP contribution in [0.3, 0.4) is 0 Å². The maximum Gasteiger partial charge on any atom is 0.407 e. The summed E-state index contributed by atoms with van der Waals surface area (Å²) in [6.07, 6.45) is -0.605. The largest absolute Gasteiger partial charge is 0.481 e. The lowest BCUT2D eigenvalue weighted by Crippen LogP contribution is -2.40. The van der Waals surface area contributed by atoms with Crippen molar-refractivity contribution in [2.75, 3.05) is 32.8 Å². The number of carboxylic acid groups (broad SMARTS) is 1. The summed E-state index contributed by atoms with van der Waals surface area (Å²) >= 11 is 0. The van der Waals surface area contributed by atoms with Crippen molar-refractivity contribution in [2.24, 2.45) is 5.41 Å². The van der Waals surface area contributed by atoms with Crippen LogP contribution in [0.15, 0.2) is 48.5 Å². The molecular weight excluding hydrogens is 448 g/mol. The third-order valence-electron chi connectivity index (χ3n) is 6.96. The van der Waals surface area contributed by atoms with Gasteiger partial charge in [0.2, 0.25) is 5.91 Å². The Morgan fingerprint density at radius 3 is 2.31 bits per heavy atom. The van der Waals surface area contributed by atoms with E-state index in [1.807, 2.05) is 31.2 Å². The van der Waals surface area contributed by atoms with Gasteiger partial charge in [-0.3, -0.25) is 9.59 Å². The molecule has 1 saturated heterocycles. The minimum atomic E-state index is -0.920. The number of benzene rings is 2. The average Bonchev–Trinajstić information content (AvgIpc) is 3.41. The third-order valence-corrected chi connectivity index (χ3v) is 6.96. The van der Waals surface area contributed by atoms with Crippen molar-refractivity contribution < 1.29 is 29.0 Å². The molecule has 0 spiro atoms. The van der Waals surface area contributed by atoms with Gasteiger partial charge in [-0.15, -0.1) is 0 Å². The molecule has 1 aliphatic carbocycles. The fourth-order valence-electron chi connectivity index (χ4n) is 4.94. The Balaban J connectivity index is 1.29. The summed E-state index contributed by atoms with van der Waals surface area (Å²) in [6.45, 7) is 4.78. The van der Waals surface area contributed by atoms with Crippen LogP contribution in [0.2, 0.25) is 0 Å². The lowest BCUT2D eigenvalue weighted by Gasteiger charge is -2.23. The highest BCUT2D eigenvalue weighted by molar-refractivity contribution is 5.81. The van der Waals surface area contributed by atoms with E-state index >= 15 is 0 Å². The average molecular weight is 481 g/mol. The molecule has 0 bridgehead atoms. The van der Waals surface area contributed by atoms with E-state index in [2.05, 4.69) is 29.6 Å². The Bertz CT molecular complexity index is 1060. The molecule has 2 amide bonds. The number of rotatable bonds is 9. The molecule has 0 saturated carbocycles. The van der Waals surface area contributed by atoms with Gasteiger partial charge < -0.3 is 24.8 Å². The minimum absolute atomic E-state index is 0.0314. The molecule has 2 aliphatic rings. The molecule has 186 valence electrons. The van der Waals surface area contributed by atoms with E-state index in [1.165, 1.54) is 0 Å². The molecule has 1 heterocycles. The number of nitrogens with one attached hydrogen (secondary N) is 1. The maximum absolute atomic E-state index is 12.7. The molecule has 1 fully saturated rings. The summed E-state index contributed by atoms with van der Waals surface area (Å²) in [5.74, 6) is -1.11. The number of carbonyl (C=O) groups excluding carboxylic acids is 2. The smallest absolute Gasteiger partial charge is 0.407 e. The SMILES string of the molecule is CCOC(CNC(=O)OCC1c2ccccc2-c2ccccc21)CC(=O)N1CCC(C)(C(=O)O)C1. The Morgan fingerprint density at radius 1 is 1.11 bits per heavy atom. The van der Waals surface area contributed by atoms with E-state index in [4.69, 9.17) is 9.47 Å². The van der Waals surface area contributed by atoms with Gasteiger partial charge in [-0.05, 0) is 42.5 Å². The topological polar surface area (TPSA) is 105 Å². The zero-order valence-corrected chi connectivity index (χ0v) is 20.2. The van der Waals surface area contributed by atoms with Crippen molar-refractivity contribution in [2.45, 2.75) is 38.7 Å². The lowest BCUT2D eigenvalue weighted by molar-refractivity contribution is -0.147. The number of likely N-dealkylation sites (tertiary alicyclic amines) is 1. The van der Waals surface area contributed by atoms with Crippen LogP contribution in [0.5, 0.6) is 0 Å². The Labute approximate surface area is 205 Å². The Morgan fingerprint density at radius 2 is 1.74 bits per heavy atom. The van der Waals surface area contributed by atoms with E-state index in [-0.39, 0.29) is 37.9 Å². The molecule has 8 heteroatoms. The molecule has 2 aromatic rings. The van der Waals surface area contributed by atoms with Crippen LogP contribution in [-0.4, -0.2) is 66.9 Å². The fraction of sp³-hybridized carbons (Fsp3) is 0.444. The van der Waals surface area contributed by atoms with Gasteiger partial charge in [-0.1, -0.05) is 48.5 Å². The van der Waals surface area contributed by atoms with Crippen LogP contribution in [0.25, 0.3) is 11.1 Å². The highest BCUT2D eigenvalue weighted by Crippen LogP contribution is 2.44. The van der Waals surface area contributed by atoms with Gasteiger partial charge in [0.15, 0.2) is 0 Å². The van der Waals surface area contributed by atoms with Gasteiger partial charge in [-0.2, -0.15) is 0 Å². The Kier molecular flexibility index (Phi) is 7.40. The van der Waals surface area contributed by atoms with E-state index < -0.39 is 23.6 Å². The van der Waals surface area contributed by atoms with Gasteiger partial charge in [0.25, 0.3) is 0 Å². The number of alkyl carbamates (subject to hydrolysis) is 1. The molecule has 2 aromatic carbocycles. The summed E-state index contributed by atoms with van der Waals surface area (Å²) < 4.78 is 11.2. The molecule has 2 atom stereocenters. The van der Waals surface area contributed by atoms with Crippen molar-refractivity contribution >= 4 is 18.0 Å². The number of aliphatic carboxylic acids is 1. The molecule has 4 rings (SSSR count). The van der Waals surface area contributed by atoms with E-state index in [1.54, 1.807) is 11.8 Å². The minimum Gasteiger partial charge on any atom is -0.481 e. The Hall–Kier alpha value is -3.39. The number of carbonyl (C=O) groups is 3. The highest BCUT2D eigenvalue weighted by Gasteiger charge is 2.42. The summed E-state index contributed by atoms with van der Waals surface area (Å²) in [5, 5.41) is 12.1. The summed E-state index contributed by atoms with van der Waals surface area (Å²) in [4.78, 5) is 38.2. The number of fused-ring (bicyclic) bond motifs is 3. The number of carboxylic acids is 1. The van der Waals surface area contributed by atoms with Crippen LogP contribution in [0.1, 0.15) is 43.7 Å². The second kappa shape index (κ2) is 10.5. The highest BCUT2D eigenvalue weighted by atomic mass is 16.5. The third kappa shape index (κ3) is 5.32.